The molecule has 1 aromatic rings. The molecule has 1 unspecified atom stereocenters. The van der Waals surface area contributed by atoms with Crippen LogP contribution in [0.15, 0.2) is 23.4 Å². The summed E-state index contributed by atoms with van der Waals surface area (Å²) >= 11 is 0. The molecular formula is C14H16N2O4. The lowest BCUT2D eigenvalue weighted by Gasteiger charge is -2.14. The molecule has 0 saturated carbocycles. The number of rotatable bonds is 4. The summed E-state index contributed by atoms with van der Waals surface area (Å²) in [6.45, 7) is 3.91. The van der Waals surface area contributed by atoms with Crippen molar-refractivity contribution in [1.82, 2.24) is 0 Å². The van der Waals surface area contributed by atoms with Crippen molar-refractivity contribution in [1.29, 1.82) is 0 Å². The lowest BCUT2D eigenvalue weighted by molar-refractivity contribution is -0.129. The first-order valence-corrected chi connectivity index (χ1v) is 6.38. The van der Waals surface area contributed by atoms with Crippen molar-refractivity contribution >= 4 is 23.3 Å². The molecule has 6 nitrogen and oxygen atoms in total. The van der Waals surface area contributed by atoms with Crippen molar-refractivity contribution in [2.45, 2.75) is 32.8 Å². The molecule has 20 heavy (non-hydrogen) atoms. The Hall–Kier alpha value is -2.37. The second-order valence-corrected chi connectivity index (χ2v) is 4.59. The van der Waals surface area contributed by atoms with E-state index in [1.165, 1.54) is 0 Å². The molecule has 0 saturated heterocycles. The zero-order chi connectivity index (χ0) is 14.7. The number of aryl methyl sites for hydroxylation is 2. The van der Waals surface area contributed by atoms with Crippen LogP contribution < -0.4 is 5.32 Å². The molecule has 1 atom stereocenters. The van der Waals surface area contributed by atoms with Crippen LogP contribution in [0.4, 0.5) is 5.69 Å². The van der Waals surface area contributed by atoms with Crippen LogP contribution in [0.5, 0.6) is 0 Å². The highest BCUT2D eigenvalue weighted by atomic mass is 16.6. The van der Waals surface area contributed by atoms with Crippen LogP contribution >= 0.6 is 0 Å². The van der Waals surface area contributed by atoms with Gasteiger partial charge in [-0.2, -0.15) is 0 Å². The number of anilines is 1. The Morgan fingerprint density at radius 2 is 2.25 bits per heavy atom. The summed E-state index contributed by atoms with van der Waals surface area (Å²) in [5.41, 5.74) is 2.60. The maximum atomic E-state index is 12.1. The van der Waals surface area contributed by atoms with E-state index in [-0.39, 0.29) is 18.0 Å². The van der Waals surface area contributed by atoms with Gasteiger partial charge in [0.05, 0.1) is 0 Å². The molecule has 0 bridgehead atoms. The molecule has 1 aromatic carbocycles. The summed E-state index contributed by atoms with van der Waals surface area (Å²) in [5, 5.41) is 15.0. The van der Waals surface area contributed by atoms with E-state index in [9.17, 15) is 9.59 Å². The normalized spacial score (nSPS) is 17.3. The monoisotopic (exact) mass is 276 g/mol. The van der Waals surface area contributed by atoms with Crippen molar-refractivity contribution < 1.29 is 19.5 Å². The Morgan fingerprint density at radius 1 is 1.50 bits per heavy atom. The Morgan fingerprint density at radius 3 is 2.85 bits per heavy atom. The number of carbonyl (C=O) groups excluding carboxylic acids is 1. The highest BCUT2D eigenvalue weighted by Crippen LogP contribution is 2.22. The van der Waals surface area contributed by atoms with Crippen molar-refractivity contribution in [3.63, 3.8) is 0 Å². The van der Waals surface area contributed by atoms with E-state index >= 15 is 0 Å². The van der Waals surface area contributed by atoms with E-state index in [4.69, 9.17) is 9.94 Å². The molecule has 0 radical (unpaired) electrons. The number of nitrogens with one attached hydrogen (secondary N) is 1. The molecular weight excluding hydrogens is 260 g/mol. The molecule has 0 fully saturated rings. The largest absolute Gasteiger partial charge is 0.477 e. The molecule has 0 aromatic heterocycles. The second-order valence-electron chi connectivity index (χ2n) is 4.59. The molecule has 2 rings (SSSR count). The number of carboxylic acids is 1. The molecule has 106 valence electrons. The van der Waals surface area contributed by atoms with E-state index in [0.717, 1.165) is 23.2 Å². The van der Waals surface area contributed by atoms with E-state index in [2.05, 4.69) is 10.5 Å². The molecule has 1 aliphatic rings. The molecule has 6 heteroatoms. The van der Waals surface area contributed by atoms with Gasteiger partial charge < -0.3 is 15.3 Å². The minimum atomic E-state index is -1.16. The number of carbonyl (C=O) groups is 2. The van der Waals surface area contributed by atoms with Gasteiger partial charge in [0, 0.05) is 12.1 Å². The Balaban J connectivity index is 2.09. The van der Waals surface area contributed by atoms with Crippen molar-refractivity contribution in [2.24, 2.45) is 5.16 Å². The Bertz CT molecular complexity index is 581. The number of amides is 1. The number of hydrogen-bond acceptors (Lipinski definition) is 4. The summed E-state index contributed by atoms with van der Waals surface area (Å²) in [6.07, 6.45) is -0.112. The molecule has 2 N–H and O–H groups in total. The second kappa shape index (κ2) is 5.73. The van der Waals surface area contributed by atoms with E-state index in [0.29, 0.717) is 0 Å². The first-order valence-electron chi connectivity index (χ1n) is 6.38. The van der Waals surface area contributed by atoms with Gasteiger partial charge in [0.1, 0.15) is 0 Å². The number of benzene rings is 1. The standard InChI is InChI=1S/C14H16N2O4/c1-3-9-6-4-5-8(2)12(9)15-13(17)11-7-10(14(18)19)16-20-11/h4-6,11H,3,7H2,1-2H3,(H,15,17)(H,18,19). The van der Waals surface area contributed by atoms with Crippen molar-refractivity contribution in [3.05, 3.63) is 29.3 Å². The molecule has 1 aliphatic heterocycles. The maximum Gasteiger partial charge on any atom is 0.353 e. The zero-order valence-corrected chi connectivity index (χ0v) is 11.3. The first kappa shape index (κ1) is 14.0. The predicted molar refractivity (Wildman–Crippen MR) is 73.7 cm³/mol. The van der Waals surface area contributed by atoms with Gasteiger partial charge in [-0.3, -0.25) is 4.79 Å². The molecule has 0 spiro atoms. The minimum absolute atomic E-state index is 0.0193. The highest BCUT2D eigenvalue weighted by molar-refractivity contribution is 6.36. The highest BCUT2D eigenvalue weighted by Gasteiger charge is 2.31. The van der Waals surface area contributed by atoms with E-state index in [1.54, 1.807) is 0 Å². The van der Waals surface area contributed by atoms with Crippen molar-refractivity contribution in [2.75, 3.05) is 5.32 Å². The lowest BCUT2D eigenvalue weighted by atomic mass is 10.1. The lowest BCUT2D eigenvalue weighted by Crippen LogP contribution is -2.29. The van der Waals surface area contributed by atoms with Crippen LogP contribution in [0.1, 0.15) is 24.5 Å². The van der Waals surface area contributed by atoms with Crippen LogP contribution in [0.3, 0.4) is 0 Å². The fourth-order valence-electron chi connectivity index (χ4n) is 2.05. The summed E-state index contributed by atoms with van der Waals surface area (Å²) in [6, 6.07) is 5.78. The summed E-state index contributed by atoms with van der Waals surface area (Å²) in [7, 11) is 0. The minimum Gasteiger partial charge on any atom is -0.477 e. The van der Waals surface area contributed by atoms with Gasteiger partial charge in [0.25, 0.3) is 5.91 Å². The third-order valence-corrected chi connectivity index (χ3v) is 3.20. The first-order chi connectivity index (χ1) is 9.52. The van der Waals surface area contributed by atoms with Gasteiger partial charge in [0.15, 0.2) is 5.71 Å². The number of oxime groups is 1. The summed E-state index contributed by atoms with van der Waals surface area (Å²) < 4.78 is 0. The quantitative estimate of drug-likeness (QED) is 0.876. The number of hydrogen-bond donors (Lipinski definition) is 2. The van der Waals surface area contributed by atoms with Gasteiger partial charge >= 0.3 is 5.97 Å². The number of nitrogens with zero attached hydrogens (tertiary/aromatic N) is 1. The van der Waals surface area contributed by atoms with Crippen molar-refractivity contribution in [3.8, 4) is 0 Å². The van der Waals surface area contributed by atoms with E-state index < -0.39 is 12.1 Å². The smallest absolute Gasteiger partial charge is 0.353 e. The SMILES string of the molecule is CCc1cccc(C)c1NC(=O)C1CC(C(=O)O)=NO1. The zero-order valence-electron chi connectivity index (χ0n) is 11.3. The predicted octanol–water partition coefficient (Wildman–Crippen LogP) is 1.73. The average molecular weight is 276 g/mol. The number of para-hydroxylation sites is 1. The van der Waals surface area contributed by atoms with Crippen LogP contribution in [0.25, 0.3) is 0 Å². The Labute approximate surface area is 116 Å². The van der Waals surface area contributed by atoms with Crippen LogP contribution in [0.2, 0.25) is 0 Å². The van der Waals surface area contributed by atoms with Gasteiger partial charge in [-0.05, 0) is 24.5 Å². The number of aliphatic carboxylic acids is 1. The molecule has 1 heterocycles. The fraction of sp³-hybridized carbons (Fsp3) is 0.357. The summed E-state index contributed by atoms with van der Waals surface area (Å²) in [4.78, 5) is 27.7. The van der Waals surface area contributed by atoms with Crippen LogP contribution in [0, 0.1) is 6.92 Å². The summed E-state index contributed by atoms with van der Waals surface area (Å²) in [5.74, 6) is -1.54. The average Bonchev–Trinajstić information content (AvgIpc) is 2.91. The van der Waals surface area contributed by atoms with Crippen LogP contribution in [-0.4, -0.2) is 28.8 Å². The molecule has 0 aliphatic carbocycles. The number of carboxylic acid groups (broad SMARTS) is 1. The van der Waals surface area contributed by atoms with Crippen LogP contribution in [-0.2, 0) is 20.8 Å². The fourth-order valence-corrected chi connectivity index (χ4v) is 2.05. The molecule has 1 amide bonds. The maximum absolute atomic E-state index is 12.1. The Kier molecular flexibility index (Phi) is 4.02. The van der Waals surface area contributed by atoms with Gasteiger partial charge in [-0.25, -0.2) is 4.79 Å². The van der Waals surface area contributed by atoms with E-state index in [1.807, 2.05) is 32.0 Å². The van der Waals surface area contributed by atoms with Gasteiger partial charge in [0.2, 0.25) is 6.10 Å². The van der Waals surface area contributed by atoms with Gasteiger partial charge in [-0.1, -0.05) is 30.3 Å². The third kappa shape index (κ3) is 2.79. The van der Waals surface area contributed by atoms with Gasteiger partial charge in [-0.15, -0.1) is 0 Å². The topological polar surface area (TPSA) is 88.0 Å². The third-order valence-electron chi connectivity index (χ3n) is 3.20.